The van der Waals surface area contributed by atoms with Gasteiger partial charge in [-0.1, -0.05) is 11.3 Å². The summed E-state index contributed by atoms with van der Waals surface area (Å²) in [6.07, 6.45) is 4.72. The Balaban J connectivity index is 1.43. The average molecular weight is 518 g/mol. The summed E-state index contributed by atoms with van der Waals surface area (Å²) >= 11 is 1.32. The molecule has 2 aromatic heterocycles. The van der Waals surface area contributed by atoms with Crippen LogP contribution < -0.4 is 15.6 Å². The van der Waals surface area contributed by atoms with E-state index in [4.69, 9.17) is 9.47 Å². The van der Waals surface area contributed by atoms with Gasteiger partial charge in [0.15, 0.2) is 15.0 Å². The molecule has 0 bridgehead atoms. The minimum absolute atomic E-state index is 0.0200. The van der Waals surface area contributed by atoms with Gasteiger partial charge in [-0.3, -0.25) is 9.59 Å². The monoisotopic (exact) mass is 517 g/mol. The van der Waals surface area contributed by atoms with Crippen LogP contribution in [-0.4, -0.2) is 49.4 Å². The van der Waals surface area contributed by atoms with Gasteiger partial charge in [-0.2, -0.15) is 0 Å². The molecule has 1 amide bonds. The van der Waals surface area contributed by atoms with E-state index < -0.39 is 26.7 Å². The van der Waals surface area contributed by atoms with Gasteiger partial charge in [0, 0.05) is 25.5 Å². The predicted octanol–water partition coefficient (Wildman–Crippen LogP) is 3.40. The molecular formula is C24H27N3O6S2. The number of amides is 1. The van der Waals surface area contributed by atoms with Gasteiger partial charge < -0.3 is 19.4 Å². The molecule has 2 aliphatic rings. The molecule has 3 heterocycles. The number of carbonyl (C=O) groups excluding carboxylic acids is 1. The van der Waals surface area contributed by atoms with Crippen molar-refractivity contribution in [3.05, 3.63) is 46.9 Å². The minimum atomic E-state index is -3.50. The number of nitrogens with zero attached hydrogens (tertiary/aromatic N) is 2. The molecule has 2 fully saturated rings. The molecule has 0 spiro atoms. The molecule has 1 N–H and O–H groups in total. The number of carbonyl (C=O) groups is 1. The number of pyridine rings is 1. The van der Waals surface area contributed by atoms with Crippen LogP contribution in [0.1, 0.15) is 38.1 Å². The third-order valence-electron chi connectivity index (χ3n) is 6.57. The van der Waals surface area contributed by atoms with E-state index in [9.17, 15) is 18.0 Å². The molecule has 1 aliphatic carbocycles. The normalized spacial score (nSPS) is 17.9. The molecule has 11 heteroatoms. The molecule has 35 heavy (non-hydrogen) atoms. The van der Waals surface area contributed by atoms with Crippen molar-refractivity contribution in [3.8, 4) is 5.75 Å². The first-order valence-electron chi connectivity index (χ1n) is 11.6. The van der Waals surface area contributed by atoms with Crippen molar-refractivity contribution < 1.29 is 22.7 Å². The Bertz CT molecular complexity index is 1400. The van der Waals surface area contributed by atoms with Crippen molar-refractivity contribution in [1.82, 2.24) is 9.55 Å². The Morgan fingerprint density at radius 2 is 2.00 bits per heavy atom. The molecule has 1 atom stereocenters. The second-order valence-corrected chi connectivity index (χ2v) is 12.3. The number of rotatable bonds is 8. The number of anilines is 1. The molecular weight excluding hydrogens is 490 g/mol. The van der Waals surface area contributed by atoms with E-state index in [1.807, 2.05) is 12.1 Å². The van der Waals surface area contributed by atoms with Crippen LogP contribution in [0, 0.1) is 5.92 Å². The Hall–Kier alpha value is -2.76. The molecule has 3 aromatic rings. The lowest BCUT2D eigenvalue weighted by molar-refractivity contribution is -0.120. The zero-order valence-electron chi connectivity index (χ0n) is 19.3. The van der Waals surface area contributed by atoms with Crippen LogP contribution in [0.2, 0.25) is 0 Å². The van der Waals surface area contributed by atoms with Gasteiger partial charge in [-0.05, 0) is 62.3 Å². The first-order valence-corrected chi connectivity index (χ1v) is 14.0. The average Bonchev–Trinajstić information content (AvgIpc) is 3.64. The fraction of sp³-hybridized carbons (Fsp3) is 0.458. The molecule has 1 aliphatic heterocycles. The summed E-state index contributed by atoms with van der Waals surface area (Å²) in [6.45, 7) is 1.23. The van der Waals surface area contributed by atoms with Crippen LogP contribution in [0.25, 0.3) is 10.2 Å². The number of fused-ring (bicyclic) bond motifs is 1. The third-order valence-corrected chi connectivity index (χ3v) is 9.77. The van der Waals surface area contributed by atoms with E-state index >= 15 is 0 Å². The summed E-state index contributed by atoms with van der Waals surface area (Å²) in [5.41, 5.74) is 0.229. The summed E-state index contributed by atoms with van der Waals surface area (Å²) in [5, 5.41) is 2.90. The maximum Gasteiger partial charge on any atom is 0.252 e. The van der Waals surface area contributed by atoms with E-state index in [1.165, 1.54) is 28.2 Å². The summed E-state index contributed by atoms with van der Waals surface area (Å²) in [4.78, 5) is 31.0. The largest absolute Gasteiger partial charge is 0.497 e. The second kappa shape index (κ2) is 9.71. The fourth-order valence-corrected chi connectivity index (χ4v) is 6.95. The Labute approximate surface area is 207 Å². The number of aromatic nitrogens is 2. The third kappa shape index (κ3) is 5.12. The standard InChI is InChI=1S/C24H27N3O6S2/c1-32-16-2-5-19-21(13-16)34-24(25-19)26-23(29)20(12-15-7-10-33-11-8-15)27-9-6-18(14-22(27)28)35(30,31)17-3-4-17/h2,5-6,9,13-15,17,20H,3-4,7-8,10-12H2,1H3,(H,25,26,29). The van der Waals surface area contributed by atoms with Crippen molar-refractivity contribution in [2.45, 2.75) is 48.3 Å². The molecule has 1 unspecified atom stereocenters. The summed E-state index contributed by atoms with van der Waals surface area (Å²) in [5.74, 6) is 0.549. The van der Waals surface area contributed by atoms with Crippen LogP contribution in [0.15, 0.2) is 46.2 Å². The predicted molar refractivity (Wildman–Crippen MR) is 133 cm³/mol. The minimum Gasteiger partial charge on any atom is -0.497 e. The molecule has 0 radical (unpaired) electrons. The first-order chi connectivity index (χ1) is 16.8. The quantitative estimate of drug-likeness (QED) is 0.487. The van der Waals surface area contributed by atoms with Crippen LogP contribution in [0.3, 0.4) is 0 Å². The topological polar surface area (TPSA) is 117 Å². The van der Waals surface area contributed by atoms with Gasteiger partial charge >= 0.3 is 0 Å². The van der Waals surface area contributed by atoms with Crippen molar-refractivity contribution >= 4 is 42.4 Å². The van der Waals surface area contributed by atoms with E-state index in [1.54, 1.807) is 13.2 Å². The van der Waals surface area contributed by atoms with Crippen LogP contribution in [0.4, 0.5) is 5.13 Å². The molecule has 186 valence electrons. The second-order valence-electron chi connectivity index (χ2n) is 9.00. The lowest BCUT2D eigenvalue weighted by Crippen LogP contribution is -2.35. The van der Waals surface area contributed by atoms with Crippen LogP contribution in [0.5, 0.6) is 5.75 Å². The Kier molecular flexibility index (Phi) is 6.65. The highest BCUT2D eigenvalue weighted by atomic mass is 32.2. The fourth-order valence-electron chi connectivity index (χ4n) is 4.40. The Morgan fingerprint density at radius 1 is 1.23 bits per heavy atom. The lowest BCUT2D eigenvalue weighted by atomic mass is 9.92. The number of thiazole rings is 1. The molecule has 1 aromatic carbocycles. The van der Waals surface area contributed by atoms with Gasteiger partial charge in [-0.25, -0.2) is 13.4 Å². The van der Waals surface area contributed by atoms with E-state index in [0.717, 1.165) is 29.1 Å². The number of hydrogen-bond acceptors (Lipinski definition) is 8. The SMILES string of the molecule is COc1ccc2nc(NC(=O)C(CC3CCOCC3)n3ccc(S(=O)(=O)C4CC4)cc3=O)sc2c1. The molecule has 9 nitrogen and oxygen atoms in total. The summed E-state index contributed by atoms with van der Waals surface area (Å²) in [7, 11) is -1.91. The van der Waals surface area contributed by atoms with E-state index in [0.29, 0.717) is 43.4 Å². The number of ether oxygens (including phenoxy) is 2. The van der Waals surface area contributed by atoms with Gasteiger partial charge in [0.05, 0.1) is 27.5 Å². The van der Waals surface area contributed by atoms with Crippen molar-refractivity contribution in [3.63, 3.8) is 0 Å². The van der Waals surface area contributed by atoms with Crippen LogP contribution >= 0.6 is 11.3 Å². The maximum atomic E-state index is 13.5. The molecule has 5 rings (SSSR count). The zero-order chi connectivity index (χ0) is 24.6. The Morgan fingerprint density at radius 3 is 2.69 bits per heavy atom. The van der Waals surface area contributed by atoms with E-state index in [-0.39, 0.29) is 16.7 Å². The van der Waals surface area contributed by atoms with Crippen molar-refractivity contribution in [2.24, 2.45) is 5.92 Å². The zero-order valence-corrected chi connectivity index (χ0v) is 20.9. The number of methoxy groups -OCH3 is 1. The molecule has 1 saturated heterocycles. The van der Waals surface area contributed by atoms with E-state index in [2.05, 4.69) is 10.3 Å². The number of nitrogens with one attached hydrogen (secondary N) is 1. The van der Waals surface area contributed by atoms with Gasteiger partial charge in [0.2, 0.25) is 5.91 Å². The first kappa shape index (κ1) is 24.0. The van der Waals surface area contributed by atoms with Crippen molar-refractivity contribution in [1.29, 1.82) is 0 Å². The number of sulfone groups is 1. The smallest absolute Gasteiger partial charge is 0.252 e. The highest BCUT2D eigenvalue weighted by molar-refractivity contribution is 7.92. The number of hydrogen-bond donors (Lipinski definition) is 1. The lowest BCUT2D eigenvalue weighted by Gasteiger charge is -2.27. The van der Waals surface area contributed by atoms with Gasteiger partial charge in [0.25, 0.3) is 5.56 Å². The summed E-state index contributed by atoms with van der Waals surface area (Å²) in [6, 6.07) is 7.25. The highest BCUT2D eigenvalue weighted by Gasteiger charge is 2.37. The maximum absolute atomic E-state index is 13.5. The van der Waals surface area contributed by atoms with Crippen molar-refractivity contribution in [2.75, 3.05) is 25.6 Å². The summed E-state index contributed by atoms with van der Waals surface area (Å²) < 4.78 is 38.1. The van der Waals surface area contributed by atoms with Gasteiger partial charge in [-0.15, -0.1) is 0 Å². The molecule has 1 saturated carbocycles. The highest BCUT2D eigenvalue weighted by Crippen LogP contribution is 2.34. The van der Waals surface area contributed by atoms with Crippen LogP contribution in [-0.2, 0) is 19.4 Å². The van der Waals surface area contributed by atoms with Gasteiger partial charge in [0.1, 0.15) is 11.8 Å². The number of benzene rings is 1.